The van der Waals surface area contributed by atoms with E-state index in [1.807, 2.05) is 37.7 Å². The van der Waals surface area contributed by atoms with Crippen molar-refractivity contribution in [3.63, 3.8) is 0 Å². The summed E-state index contributed by atoms with van der Waals surface area (Å²) in [5.41, 5.74) is 5.32. The molecule has 4 rings (SSSR count). The van der Waals surface area contributed by atoms with Gasteiger partial charge in [0.2, 0.25) is 5.43 Å². The fourth-order valence-electron chi connectivity index (χ4n) is 3.83. The zero-order valence-electron chi connectivity index (χ0n) is 16.2. The lowest BCUT2D eigenvalue weighted by atomic mass is 9.96. The van der Waals surface area contributed by atoms with Gasteiger partial charge in [-0.2, -0.15) is 0 Å². The van der Waals surface area contributed by atoms with E-state index in [2.05, 4.69) is 16.4 Å². The first-order chi connectivity index (χ1) is 13.4. The van der Waals surface area contributed by atoms with Crippen LogP contribution in [-0.2, 0) is 6.54 Å². The minimum absolute atomic E-state index is 0.166. The third kappa shape index (κ3) is 2.99. The van der Waals surface area contributed by atoms with Crippen molar-refractivity contribution in [2.24, 2.45) is 0 Å². The van der Waals surface area contributed by atoms with Gasteiger partial charge in [-0.25, -0.2) is 4.79 Å². The second-order valence-electron chi connectivity index (χ2n) is 7.47. The van der Waals surface area contributed by atoms with Crippen molar-refractivity contribution in [2.45, 2.75) is 39.3 Å². The maximum absolute atomic E-state index is 12.7. The molecule has 0 atom stereocenters. The van der Waals surface area contributed by atoms with Gasteiger partial charge in [0.1, 0.15) is 5.56 Å². The first-order valence-corrected chi connectivity index (χ1v) is 9.44. The Morgan fingerprint density at radius 1 is 1.32 bits per heavy atom. The highest BCUT2D eigenvalue weighted by Gasteiger charge is 2.28. The van der Waals surface area contributed by atoms with Gasteiger partial charge in [0.15, 0.2) is 0 Å². The van der Waals surface area contributed by atoms with Crippen LogP contribution in [0.4, 0.5) is 0 Å². The molecule has 2 aromatic heterocycles. The summed E-state index contributed by atoms with van der Waals surface area (Å²) in [5.74, 6) is -1.18. The summed E-state index contributed by atoms with van der Waals surface area (Å²) in [4.78, 5) is 28.8. The Morgan fingerprint density at radius 3 is 2.68 bits per heavy atom. The van der Waals surface area contributed by atoms with Crippen molar-refractivity contribution in [1.82, 2.24) is 14.9 Å². The Hall–Kier alpha value is -2.99. The van der Waals surface area contributed by atoms with Crippen molar-refractivity contribution in [2.75, 3.05) is 7.05 Å². The van der Waals surface area contributed by atoms with E-state index in [1.54, 1.807) is 6.07 Å². The number of carboxylic acid groups (broad SMARTS) is 1. The molecule has 144 valence electrons. The Balaban J connectivity index is 1.95. The molecule has 0 amide bonds. The van der Waals surface area contributed by atoms with E-state index >= 15 is 0 Å². The smallest absolute Gasteiger partial charge is 0.341 e. The van der Waals surface area contributed by atoms with Crippen molar-refractivity contribution < 1.29 is 9.90 Å². The van der Waals surface area contributed by atoms with E-state index in [4.69, 9.17) is 0 Å². The first kappa shape index (κ1) is 18.4. The highest BCUT2D eigenvalue weighted by molar-refractivity contribution is 5.95. The number of carbonyl (C=O) groups is 1. The van der Waals surface area contributed by atoms with Gasteiger partial charge in [-0.05, 0) is 62.6 Å². The minimum Gasteiger partial charge on any atom is -0.477 e. The molecule has 1 aromatic carbocycles. The summed E-state index contributed by atoms with van der Waals surface area (Å²) < 4.78 is 1.98. The van der Waals surface area contributed by atoms with Gasteiger partial charge in [-0.15, -0.1) is 0 Å². The summed E-state index contributed by atoms with van der Waals surface area (Å²) in [7, 11) is 1.89. The van der Waals surface area contributed by atoms with E-state index in [-0.39, 0.29) is 11.6 Å². The molecule has 0 radical (unpaired) electrons. The molecule has 1 aliphatic rings. The number of carboxylic acids is 1. The number of aryl methyl sites for hydroxylation is 2. The fourth-order valence-corrected chi connectivity index (χ4v) is 3.83. The second-order valence-corrected chi connectivity index (χ2v) is 7.47. The Kier molecular flexibility index (Phi) is 4.51. The number of hydrogen-bond acceptors (Lipinski definition) is 4. The Morgan fingerprint density at radius 2 is 2.07 bits per heavy atom. The van der Waals surface area contributed by atoms with Crippen LogP contribution >= 0.6 is 0 Å². The standard InChI is InChI=1S/C22H23N3O3/c1-12-8-14(9-24-19(12)10-23-3)16-6-7-17-20(13(16)2)25(15-4-5-15)11-18(21(17)26)22(27)28/h6-9,11,15,23H,4-5,10H2,1-3H3,(H,27,28). The number of rotatable bonds is 5. The van der Waals surface area contributed by atoms with E-state index in [0.29, 0.717) is 11.9 Å². The topological polar surface area (TPSA) is 84.2 Å². The number of aromatic carboxylic acids is 1. The average molecular weight is 377 g/mol. The molecular weight excluding hydrogens is 354 g/mol. The van der Waals surface area contributed by atoms with Crippen LogP contribution in [-0.4, -0.2) is 27.7 Å². The summed E-state index contributed by atoms with van der Waals surface area (Å²) in [6.07, 6.45) is 5.38. The Labute approximate surface area is 162 Å². The predicted octanol–water partition coefficient (Wildman–Crippen LogP) is 3.43. The average Bonchev–Trinajstić information content (AvgIpc) is 3.49. The van der Waals surface area contributed by atoms with Gasteiger partial charge in [-0.1, -0.05) is 6.07 Å². The van der Waals surface area contributed by atoms with E-state index in [1.165, 1.54) is 6.20 Å². The summed E-state index contributed by atoms with van der Waals surface area (Å²) in [6.45, 7) is 4.74. The zero-order chi connectivity index (χ0) is 20.0. The third-order valence-corrected chi connectivity index (χ3v) is 5.46. The molecule has 28 heavy (non-hydrogen) atoms. The monoisotopic (exact) mass is 377 g/mol. The highest BCUT2D eigenvalue weighted by Crippen LogP contribution is 2.39. The zero-order valence-corrected chi connectivity index (χ0v) is 16.2. The molecule has 0 spiro atoms. The second kappa shape index (κ2) is 6.87. The number of hydrogen-bond donors (Lipinski definition) is 2. The lowest BCUT2D eigenvalue weighted by molar-refractivity contribution is 0.0695. The maximum Gasteiger partial charge on any atom is 0.341 e. The van der Waals surface area contributed by atoms with Crippen molar-refractivity contribution in [3.05, 3.63) is 63.2 Å². The largest absolute Gasteiger partial charge is 0.477 e. The van der Waals surface area contributed by atoms with Crippen LogP contribution < -0.4 is 10.7 Å². The molecule has 1 aliphatic carbocycles. The third-order valence-electron chi connectivity index (χ3n) is 5.46. The lowest BCUT2D eigenvalue weighted by Crippen LogP contribution is -2.19. The van der Waals surface area contributed by atoms with Crippen molar-refractivity contribution in [3.8, 4) is 11.1 Å². The molecular formula is C22H23N3O3. The molecule has 0 saturated heterocycles. The summed E-state index contributed by atoms with van der Waals surface area (Å²) in [6, 6.07) is 6.02. The number of pyridine rings is 2. The maximum atomic E-state index is 12.7. The first-order valence-electron chi connectivity index (χ1n) is 9.44. The molecule has 0 unspecified atom stereocenters. The van der Waals surface area contributed by atoms with Gasteiger partial charge in [0.25, 0.3) is 0 Å². The lowest BCUT2D eigenvalue weighted by Gasteiger charge is -2.17. The predicted molar refractivity (Wildman–Crippen MR) is 109 cm³/mol. The minimum atomic E-state index is -1.18. The van der Waals surface area contributed by atoms with E-state index in [0.717, 1.165) is 46.3 Å². The molecule has 1 fully saturated rings. The van der Waals surface area contributed by atoms with Crippen LogP contribution in [0.5, 0.6) is 0 Å². The van der Waals surface area contributed by atoms with E-state index < -0.39 is 11.4 Å². The van der Waals surface area contributed by atoms with Crippen LogP contribution in [0.15, 0.2) is 35.4 Å². The number of nitrogens with zero attached hydrogens (tertiary/aromatic N) is 2. The number of aromatic nitrogens is 2. The molecule has 1 saturated carbocycles. The molecule has 0 bridgehead atoms. The van der Waals surface area contributed by atoms with Crippen molar-refractivity contribution >= 4 is 16.9 Å². The normalized spacial score (nSPS) is 13.8. The Bertz CT molecular complexity index is 1160. The number of fused-ring (bicyclic) bond motifs is 1. The SMILES string of the molecule is CNCc1ncc(-c2ccc3c(=O)c(C(=O)O)cn(C4CC4)c3c2C)cc1C. The summed E-state index contributed by atoms with van der Waals surface area (Å²) in [5, 5.41) is 13.0. The fraction of sp³-hybridized carbons (Fsp3) is 0.318. The molecule has 6 nitrogen and oxygen atoms in total. The van der Waals surface area contributed by atoms with Crippen molar-refractivity contribution in [1.29, 1.82) is 0 Å². The van der Waals surface area contributed by atoms with Crippen LogP contribution in [0.25, 0.3) is 22.0 Å². The van der Waals surface area contributed by atoms with E-state index in [9.17, 15) is 14.7 Å². The highest BCUT2D eigenvalue weighted by atomic mass is 16.4. The molecule has 2 N–H and O–H groups in total. The van der Waals surface area contributed by atoms with Crippen LogP contribution in [0.2, 0.25) is 0 Å². The molecule has 0 aliphatic heterocycles. The van der Waals surface area contributed by atoms with Gasteiger partial charge >= 0.3 is 5.97 Å². The number of nitrogens with one attached hydrogen (secondary N) is 1. The van der Waals surface area contributed by atoms with Gasteiger partial charge < -0.3 is 15.0 Å². The molecule has 6 heteroatoms. The summed E-state index contributed by atoms with van der Waals surface area (Å²) >= 11 is 0. The van der Waals surface area contributed by atoms with Gasteiger partial charge in [0.05, 0.1) is 11.2 Å². The molecule has 3 aromatic rings. The van der Waals surface area contributed by atoms with Crippen LogP contribution in [0.1, 0.15) is 46.1 Å². The quantitative estimate of drug-likeness (QED) is 0.712. The molecule has 2 heterocycles. The van der Waals surface area contributed by atoms with Crippen LogP contribution in [0.3, 0.4) is 0 Å². The van der Waals surface area contributed by atoms with Crippen LogP contribution in [0, 0.1) is 13.8 Å². The number of benzene rings is 1. The van der Waals surface area contributed by atoms with Gasteiger partial charge in [-0.3, -0.25) is 9.78 Å². The van der Waals surface area contributed by atoms with Gasteiger partial charge in [0, 0.05) is 35.9 Å².